The molecular formula is C19H31N3O4. The molecule has 26 heavy (non-hydrogen) atoms. The number of amides is 2. The van der Waals surface area contributed by atoms with E-state index in [1.807, 2.05) is 13.8 Å². The molecule has 2 amide bonds. The van der Waals surface area contributed by atoms with E-state index in [-0.39, 0.29) is 41.1 Å². The summed E-state index contributed by atoms with van der Waals surface area (Å²) in [6.45, 7) is 4.68. The van der Waals surface area contributed by atoms with Crippen LogP contribution in [0.4, 0.5) is 0 Å². The van der Waals surface area contributed by atoms with E-state index in [0.29, 0.717) is 6.42 Å². The fraction of sp³-hybridized carbons (Fsp3) is 0.842. The van der Waals surface area contributed by atoms with Crippen LogP contribution in [0.5, 0.6) is 0 Å². The molecule has 2 saturated heterocycles. The van der Waals surface area contributed by atoms with Gasteiger partial charge in [0.2, 0.25) is 11.8 Å². The third-order valence-electron chi connectivity index (χ3n) is 6.32. The van der Waals surface area contributed by atoms with Crippen LogP contribution >= 0.6 is 0 Å². The molecule has 0 aromatic carbocycles. The highest BCUT2D eigenvalue weighted by molar-refractivity contribution is 5.88. The van der Waals surface area contributed by atoms with E-state index in [9.17, 15) is 19.5 Å². The van der Waals surface area contributed by atoms with E-state index in [4.69, 9.17) is 0 Å². The first-order valence-electron chi connectivity index (χ1n) is 9.78. The minimum Gasteiger partial charge on any atom is -0.480 e. The van der Waals surface area contributed by atoms with E-state index in [1.165, 1.54) is 19.3 Å². The van der Waals surface area contributed by atoms with Crippen LogP contribution in [-0.4, -0.2) is 47.1 Å². The molecule has 7 nitrogen and oxygen atoms in total. The molecule has 2 aliphatic heterocycles. The van der Waals surface area contributed by atoms with Gasteiger partial charge in [0.15, 0.2) is 0 Å². The fourth-order valence-corrected chi connectivity index (χ4v) is 4.95. The first-order valence-corrected chi connectivity index (χ1v) is 9.78. The van der Waals surface area contributed by atoms with Crippen molar-refractivity contribution in [1.29, 1.82) is 0 Å². The van der Waals surface area contributed by atoms with Gasteiger partial charge in [-0.25, -0.2) is 4.79 Å². The van der Waals surface area contributed by atoms with Crippen molar-refractivity contribution in [2.75, 3.05) is 6.54 Å². The summed E-state index contributed by atoms with van der Waals surface area (Å²) >= 11 is 0. The molecule has 0 radical (unpaired) electrons. The fourth-order valence-electron chi connectivity index (χ4n) is 4.95. The summed E-state index contributed by atoms with van der Waals surface area (Å²) in [6.07, 6.45) is 7.46. The molecule has 0 aromatic rings. The number of rotatable bonds is 5. The molecule has 2 heterocycles. The van der Waals surface area contributed by atoms with Crippen molar-refractivity contribution in [1.82, 2.24) is 16.0 Å². The summed E-state index contributed by atoms with van der Waals surface area (Å²) in [4.78, 5) is 36.3. The van der Waals surface area contributed by atoms with Crippen molar-refractivity contribution in [2.45, 2.75) is 82.8 Å². The molecule has 1 unspecified atom stereocenters. The lowest BCUT2D eigenvalue weighted by Gasteiger charge is -2.32. The molecule has 3 aliphatic rings. The molecule has 0 aromatic heterocycles. The molecular weight excluding hydrogens is 334 g/mol. The number of carboxylic acids is 1. The van der Waals surface area contributed by atoms with Crippen LogP contribution in [0.1, 0.15) is 65.2 Å². The smallest absolute Gasteiger partial charge is 0.326 e. The maximum Gasteiger partial charge on any atom is 0.326 e. The number of hydrogen-bond donors (Lipinski definition) is 4. The Labute approximate surface area is 154 Å². The normalized spacial score (nSPS) is 30.8. The Balaban J connectivity index is 1.57. The first kappa shape index (κ1) is 19.1. The van der Waals surface area contributed by atoms with Gasteiger partial charge in [0, 0.05) is 18.0 Å². The van der Waals surface area contributed by atoms with Gasteiger partial charge in [0.1, 0.15) is 6.04 Å². The summed E-state index contributed by atoms with van der Waals surface area (Å²) in [7, 11) is 0. The Hall–Kier alpha value is -1.63. The second kappa shape index (κ2) is 7.18. The molecule has 1 aliphatic carbocycles. The van der Waals surface area contributed by atoms with Gasteiger partial charge in [0.25, 0.3) is 0 Å². The monoisotopic (exact) mass is 365 g/mol. The molecule has 146 valence electrons. The van der Waals surface area contributed by atoms with Crippen LogP contribution in [0, 0.1) is 11.3 Å². The number of carboxylic acid groups (broad SMARTS) is 1. The zero-order valence-corrected chi connectivity index (χ0v) is 15.8. The van der Waals surface area contributed by atoms with Crippen molar-refractivity contribution in [3.05, 3.63) is 0 Å². The Morgan fingerprint density at radius 1 is 1.23 bits per heavy atom. The summed E-state index contributed by atoms with van der Waals surface area (Å²) in [5.41, 5.74) is -0.122. The predicted octanol–water partition coefficient (Wildman–Crippen LogP) is 1.17. The summed E-state index contributed by atoms with van der Waals surface area (Å²) in [6, 6.07) is -1.36. The lowest BCUT2D eigenvalue weighted by atomic mass is 9.72. The van der Waals surface area contributed by atoms with Gasteiger partial charge in [-0.05, 0) is 51.4 Å². The maximum absolute atomic E-state index is 12.6. The Bertz CT molecular complexity index is 583. The predicted molar refractivity (Wildman–Crippen MR) is 96.4 cm³/mol. The quantitative estimate of drug-likeness (QED) is 0.585. The van der Waals surface area contributed by atoms with Gasteiger partial charge in [0.05, 0.1) is 6.04 Å². The molecule has 1 spiro atoms. The van der Waals surface area contributed by atoms with Crippen LogP contribution in [0.2, 0.25) is 0 Å². The minimum absolute atomic E-state index is 0.129. The largest absolute Gasteiger partial charge is 0.480 e. The molecule has 3 fully saturated rings. The summed E-state index contributed by atoms with van der Waals surface area (Å²) < 4.78 is 0. The molecule has 1 saturated carbocycles. The number of carbonyl (C=O) groups excluding carboxylic acids is 2. The van der Waals surface area contributed by atoms with Gasteiger partial charge in [-0.1, -0.05) is 19.3 Å². The van der Waals surface area contributed by atoms with E-state index < -0.39 is 12.0 Å². The third kappa shape index (κ3) is 4.19. The first-order chi connectivity index (χ1) is 12.2. The second-order valence-electron chi connectivity index (χ2n) is 9.11. The van der Waals surface area contributed by atoms with E-state index in [2.05, 4.69) is 16.0 Å². The Morgan fingerprint density at radius 2 is 1.92 bits per heavy atom. The van der Waals surface area contributed by atoms with Crippen LogP contribution in [-0.2, 0) is 14.4 Å². The Kier molecular flexibility index (Phi) is 5.28. The highest BCUT2D eigenvalue weighted by Gasteiger charge is 2.44. The van der Waals surface area contributed by atoms with Crippen molar-refractivity contribution in [2.24, 2.45) is 11.3 Å². The molecule has 3 atom stereocenters. The van der Waals surface area contributed by atoms with Crippen LogP contribution in [0.25, 0.3) is 0 Å². The molecule has 3 rings (SSSR count). The van der Waals surface area contributed by atoms with Crippen LogP contribution in [0.15, 0.2) is 0 Å². The third-order valence-corrected chi connectivity index (χ3v) is 6.32. The van der Waals surface area contributed by atoms with Crippen molar-refractivity contribution >= 4 is 17.8 Å². The summed E-state index contributed by atoms with van der Waals surface area (Å²) in [5.74, 6) is -1.85. The highest BCUT2D eigenvalue weighted by Crippen LogP contribution is 2.42. The minimum atomic E-state index is -1.08. The average molecular weight is 365 g/mol. The van der Waals surface area contributed by atoms with Gasteiger partial charge in [-0.3, -0.25) is 9.59 Å². The Morgan fingerprint density at radius 3 is 2.50 bits per heavy atom. The van der Waals surface area contributed by atoms with Gasteiger partial charge < -0.3 is 21.1 Å². The molecule has 4 N–H and O–H groups in total. The standard InChI is InChI=1S/C19H31N3O4/c1-18(2)9-12(15(23)22-18)8-13(17(25)26)21-16(24)14-10-19(11-20-14)6-4-3-5-7-19/h12-14,20H,3-11H2,1-2H3,(H,21,24)(H,22,23)(H,25,26)/t12-,13?,14+/m1/s1. The molecule has 7 heteroatoms. The number of hydrogen-bond acceptors (Lipinski definition) is 4. The van der Waals surface area contributed by atoms with Crippen molar-refractivity contribution in [3.63, 3.8) is 0 Å². The van der Waals surface area contributed by atoms with E-state index in [0.717, 1.165) is 25.8 Å². The SMILES string of the molecule is CC1(C)C[C@@H](CC(NC(=O)[C@@H]2CC3(CCCCC3)CN2)C(=O)O)C(=O)N1. The maximum atomic E-state index is 12.6. The van der Waals surface area contributed by atoms with Gasteiger partial charge >= 0.3 is 5.97 Å². The van der Waals surface area contributed by atoms with Gasteiger partial charge in [-0.2, -0.15) is 0 Å². The number of nitrogens with one attached hydrogen (secondary N) is 3. The average Bonchev–Trinajstić information content (AvgIpc) is 3.07. The van der Waals surface area contributed by atoms with E-state index in [1.54, 1.807) is 0 Å². The zero-order chi connectivity index (χ0) is 18.9. The second-order valence-corrected chi connectivity index (χ2v) is 9.11. The number of aliphatic carboxylic acids is 1. The van der Waals surface area contributed by atoms with Crippen molar-refractivity contribution < 1.29 is 19.5 Å². The van der Waals surface area contributed by atoms with Crippen molar-refractivity contribution in [3.8, 4) is 0 Å². The zero-order valence-electron chi connectivity index (χ0n) is 15.8. The summed E-state index contributed by atoms with van der Waals surface area (Å²) in [5, 5.41) is 18.4. The molecule has 0 bridgehead atoms. The van der Waals surface area contributed by atoms with Crippen LogP contribution in [0.3, 0.4) is 0 Å². The lowest BCUT2D eigenvalue weighted by Crippen LogP contribution is -2.49. The highest BCUT2D eigenvalue weighted by atomic mass is 16.4. The van der Waals surface area contributed by atoms with Gasteiger partial charge in [-0.15, -0.1) is 0 Å². The topological polar surface area (TPSA) is 108 Å². The number of carbonyl (C=O) groups is 3. The lowest BCUT2D eigenvalue weighted by molar-refractivity contribution is -0.142. The van der Waals surface area contributed by atoms with Crippen LogP contribution < -0.4 is 16.0 Å². The van der Waals surface area contributed by atoms with E-state index >= 15 is 0 Å².